The minimum atomic E-state index is -0.850. The van der Waals surface area contributed by atoms with E-state index in [0.29, 0.717) is 0 Å². The summed E-state index contributed by atoms with van der Waals surface area (Å²) in [6, 6.07) is 0. The molecule has 0 spiro atoms. The van der Waals surface area contributed by atoms with Crippen molar-refractivity contribution < 1.29 is 14.6 Å². The lowest BCUT2D eigenvalue weighted by molar-refractivity contribution is -0.143. The number of rotatable bonds is 2. The van der Waals surface area contributed by atoms with Gasteiger partial charge in [0.25, 0.3) is 0 Å². The zero-order valence-corrected chi connectivity index (χ0v) is 6.23. The van der Waals surface area contributed by atoms with Crippen LogP contribution in [0.2, 0.25) is 0 Å². The molecule has 2 unspecified atom stereocenters. The molecule has 0 amide bonds. The summed E-state index contributed by atoms with van der Waals surface area (Å²) >= 11 is 0. The van der Waals surface area contributed by atoms with Gasteiger partial charge in [0.1, 0.15) is 5.92 Å². The number of aliphatic carboxylic acids is 1. The molecule has 1 aliphatic rings. The lowest BCUT2D eigenvalue weighted by Crippen LogP contribution is -2.27. The fourth-order valence-corrected chi connectivity index (χ4v) is 1.03. The van der Waals surface area contributed by atoms with Crippen LogP contribution >= 0.6 is 0 Å². The van der Waals surface area contributed by atoms with Crippen molar-refractivity contribution in [2.75, 3.05) is 7.11 Å². The number of carboxylic acids is 1. The average molecular weight is 154 g/mol. The molecule has 1 rings (SSSR count). The first-order valence-corrected chi connectivity index (χ1v) is 3.36. The maximum absolute atomic E-state index is 10.6. The van der Waals surface area contributed by atoms with Crippen LogP contribution in [0, 0.1) is 5.92 Å². The summed E-state index contributed by atoms with van der Waals surface area (Å²) < 4.78 is 4.95. The number of allylic oxidation sites excluding steroid dienone is 2. The molecule has 0 radical (unpaired) electrons. The van der Waals surface area contributed by atoms with Gasteiger partial charge >= 0.3 is 5.97 Å². The Morgan fingerprint density at radius 3 is 2.55 bits per heavy atom. The molecule has 1 N–H and O–H groups in total. The lowest BCUT2D eigenvalue weighted by atomic mass is 9.98. The molecule has 3 heteroatoms. The Hall–Kier alpha value is -1.09. The zero-order valence-electron chi connectivity index (χ0n) is 6.23. The van der Waals surface area contributed by atoms with Crippen molar-refractivity contribution in [2.45, 2.75) is 6.10 Å². The first-order valence-electron chi connectivity index (χ1n) is 3.36. The molecule has 0 heterocycles. The predicted molar refractivity (Wildman–Crippen MR) is 40.2 cm³/mol. The Kier molecular flexibility index (Phi) is 2.44. The van der Waals surface area contributed by atoms with Crippen LogP contribution in [-0.4, -0.2) is 24.3 Å². The third-order valence-corrected chi connectivity index (χ3v) is 1.64. The van der Waals surface area contributed by atoms with E-state index in [1.165, 1.54) is 7.11 Å². The van der Waals surface area contributed by atoms with E-state index in [1.54, 1.807) is 24.3 Å². The highest BCUT2D eigenvalue weighted by atomic mass is 16.5. The highest BCUT2D eigenvalue weighted by molar-refractivity contribution is 5.73. The van der Waals surface area contributed by atoms with Crippen LogP contribution in [0.1, 0.15) is 0 Å². The van der Waals surface area contributed by atoms with Gasteiger partial charge < -0.3 is 9.84 Å². The topological polar surface area (TPSA) is 46.5 Å². The Bertz CT molecular complexity index is 205. The summed E-state index contributed by atoms with van der Waals surface area (Å²) in [7, 11) is 1.50. The Morgan fingerprint density at radius 1 is 1.45 bits per heavy atom. The van der Waals surface area contributed by atoms with E-state index in [4.69, 9.17) is 9.84 Å². The first kappa shape index (κ1) is 8.01. The zero-order chi connectivity index (χ0) is 8.27. The summed E-state index contributed by atoms with van der Waals surface area (Å²) in [4.78, 5) is 10.6. The van der Waals surface area contributed by atoms with Gasteiger partial charge in [-0.15, -0.1) is 0 Å². The molecule has 0 aromatic carbocycles. The van der Waals surface area contributed by atoms with Crippen LogP contribution in [0.4, 0.5) is 0 Å². The van der Waals surface area contributed by atoms with Crippen molar-refractivity contribution in [2.24, 2.45) is 5.92 Å². The van der Waals surface area contributed by atoms with E-state index < -0.39 is 11.9 Å². The molecule has 2 atom stereocenters. The maximum Gasteiger partial charge on any atom is 0.313 e. The first-order chi connectivity index (χ1) is 5.25. The standard InChI is InChI=1S/C8H10O3/c1-11-7-5-3-2-4-6(7)8(9)10/h2-7H,1H3,(H,9,10). The van der Waals surface area contributed by atoms with Gasteiger partial charge in [-0.3, -0.25) is 4.79 Å². The minimum Gasteiger partial charge on any atom is -0.481 e. The number of ether oxygens (including phenoxy) is 1. The number of carbonyl (C=O) groups is 1. The molecular formula is C8H10O3. The van der Waals surface area contributed by atoms with Gasteiger partial charge in [0.2, 0.25) is 0 Å². The number of carboxylic acid groups (broad SMARTS) is 1. The number of methoxy groups -OCH3 is 1. The van der Waals surface area contributed by atoms with E-state index in [0.717, 1.165) is 0 Å². The lowest BCUT2D eigenvalue weighted by Gasteiger charge is -2.18. The van der Waals surface area contributed by atoms with Gasteiger partial charge in [0, 0.05) is 7.11 Å². The van der Waals surface area contributed by atoms with Crippen molar-refractivity contribution in [3.63, 3.8) is 0 Å². The Morgan fingerprint density at radius 2 is 2.09 bits per heavy atom. The van der Waals surface area contributed by atoms with Gasteiger partial charge in [-0.25, -0.2) is 0 Å². The van der Waals surface area contributed by atoms with Crippen LogP contribution in [0.5, 0.6) is 0 Å². The van der Waals surface area contributed by atoms with E-state index in [2.05, 4.69) is 0 Å². The fraction of sp³-hybridized carbons (Fsp3) is 0.375. The third-order valence-electron chi connectivity index (χ3n) is 1.64. The average Bonchev–Trinajstić information content (AvgIpc) is 2.04. The highest BCUT2D eigenvalue weighted by Crippen LogP contribution is 2.15. The van der Waals surface area contributed by atoms with Crippen molar-refractivity contribution in [3.05, 3.63) is 24.3 Å². The molecule has 0 aromatic heterocycles. The summed E-state index contributed by atoms with van der Waals surface area (Å²) in [6.45, 7) is 0. The van der Waals surface area contributed by atoms with E-state index in [9.17, 15) is 4.79 Å². The molecule has 0 saturated heterocycles. The molecule has 11 heavy (non-hydrogen) atoms. The van der Waals surface area contributed by atoms with Crippen LogP contribution in [0.25, 0.3) is 0 Å². The van der Waals surface area contributed by atoms with Crippen LogP contribution in [0.3, 0.4) is 0 Å². The second-order valence-electron chi connectivity index (χ2n) is 2.33. The van der Waals surface area contributed by atoms with Crippen molar-refractivity contribution in [1.29, 1.82) is 0 Å². The Labute approximate surface area is 65.0 Å². The molecule has 0 saturated carbocycles. The van der Waals surface area contributed by atoms with Gasteiger partial charge in [0.15, 0.2) is 0 Å². The SMILES string of the molecule is COC1C=CC=CC1C(=O)O. The van der Waals surface area contributed by atoms with Crippen molar-refractivity contribution in [3.8, 4) is 0 Å². The van der Waals surface area contributed by atoms with E-state index in [1.807, 2.05) is 0 Å². The summed E-state index contributed by atoms with van der Waals surface area (Å²) in [5.41, 5.74) is 0. The van der Waals surface area contributed by atoms with E-state index >= 15 is 0 Å². The largest absolute Gasteiger partial charge is 0.481 e. The maximum atomic E-state index is 10.6. The smallest absolute Gasteiger partial charge is 0.313 e. The molecule has 0 aliphatic heterocycles. The molecule has 0 aromatic rings. The normalized spacial score (nSPS) is 28.8. The van der Waals surface area contributed by atoms with Crippen molar-refractivity contribution >= 4 is 5.97 Å². The molecule has 0 fully saturated rings. The molecule has 60 valence electrons. The summed E-state index contributed by atoms with van der Waals surface area (Å²) in [5, 5.41) is 8.67. The molecule has 0 bridgehead atoms. The molecule has 1 aliphatic carbocycles. The van der Waals surface area contributed by atoms with Gasteiger partial charge in [-0.2, -0.15) is 0 Å². The fourth-order valence-electron chi connectivity index (χ4n) is 1.03. The monoisotopic (exact) mass is 154 g/mol. The quantitative estimate of drug-likeness (QED) is 0.640. The highest BCUT2D eigenvalue weighted by Gasteiger charge is 2.24. The summed E-state index contributed by atoms with van der Waals surface area (Å²) in [5.74, 6) is -1.39. The second-order valence-corrected chi connectivity index (χ2v) is 2.33. The van der Waals surface area contributed by atoms with Crippen LogP contribution < -0.4 is 0 Å². The van der Waals surface area contributed by atoms with Crippen molar-refractivity contribution in [1.82, 2.24) is 0 Å². The van der Waals surface area contributed by atoms with Crippen LogP contribution in [0.15, 0.2) is 24.3 Å². The van der Waals surface area contributed by atoms with E-state index in [-0.39, 0.29) is 6.10 Å². The van der Waals surface area contributed by atoms with Crippen LogP contribution in [-0.2, 0) is 9.53 Å². The number of hydrogen-bond donors (Lipinski definition) is 1. The molecule has 3 nitrogen and oxygen atoms in total. The minimum absolute atomic E-state index is 0.322. The number of hydrogen-bond acceptors (Lipinski definition) is 2. The van der Waals surface area contributed by atoms with Gasteiger partial charge in [-0.05, 0) is 0 Å². The van der Waals surface area contributed by atoms with Gasteiger partial charge in [0.05, 0.1) is 6.10 Å². The Balaban J connectivity index is 2.70. The summed E-state index contributed by atoms with van der Waals surface area (Å²) in [6.07, 6.45) is 6.54. The molecular weight excluding hydrogens is 144 g/mol. The van der Waals surface area contributed by atoms with Gasteiger partial charge in [-0.1, -0.05) is 24.3 Å². The third kappa shape index (κ3) is 1.68. The second kappa shape index (κ2) is 3.34. The predicted octanol–water partition coefficient (Wildman–Crippen LogP) is 0.828.